The van der Waals surface area contributed by atoms with Crippen molar-refractivity contribution in [2.75, 3.05) is 19.0 Å². The number of halogens is 1. The van der Waals surface area contributed by atoms with E-state index in [2.05, 4.69) is 15.3 Å². The number of aromatic nitrogens is 2. The molecule has 0 aromatic carbocycles. The van der Waals surface area contributed by atoms with Crippen molar-refractivity contribution in [2.24, 2.45) is 0 Å². The Labute approximate surface area is 118 Å². The highest BCUT2D eigenvalue weighted by atomic mass is 35.5. The molecule has 0 spiro atoms. The predicted octanol–water partition coefficient (Wildman–Crippen LogP) is 2.38. The minimum atomic E-state index is -0.278. The molecule has 1 heterocycles. The van der Waals surface area contributed by atoms with Crippen LogP contribution < -0.4 is 5.32 Å². The number of hydrogen-bond donors (Lipinski definition) is 2. The molecule has 1 fully saturated rings. The summed E-state index contributed by atoms with van der Waals surface area (Å²) in [6.45, 7) is 0.426. The van der Waals surface area contributed by atoms with Gasteiger partial charge in [0.15, 0.2) is 5.82 Å². The Morgan fingerprint density at radius 2 is 2.11 bits per heavy atom. The molecule has 1 saturated carbocycles. The van der Waals surface area contributed by atoms with Gasteiger partial charge in [0.1, 0.15) is 17.6 Å². The lowest BCUT2D eigenvalue weighted by molar-refractivity contribution is 0.171. The van der Waals surface area contributed by atoms with Gasteiger partial charge in [-0.15, -0.1) is 0 Å². The van der Waals surface area contributed by atoms with Crippen molar-refractivity contribution in [3.05, 3.63) is 17.0 Å². The number of ether oxygens (including phenoxy) is 1. The van der Waals surface area contributed by atoms with Gasteiger partial charge in [-0.3, -0.25) is 0 Å². The first kappa shape index (κ1) is 14.5. The highest BCUT2D eigenvalue weighted by Crippen LogP contribution is 2.31. The molecular formula is C13H20ClN3O2. The Morgan fingerprint density at radius 1 is 1.37 bits per heavy atom. The molecule has 0 radical (unpaired) electrons. The van der Waals surface area contributed by atoms with E-state index in [1.54, 1.807) is 13.2 Å². The Balaban J connectivity index is 2.16. The quantitative estimate of drug-likeness (QED) is 0.813. The van der Waals surface area contributed by atoms with E-state index in [0.717, 1.165) is 25.7 Å². The zero-order valence-electron chi connectivity index (χ0n) is 11.2. The molecule has 5 nitrogen and oxygen atoms in total. The lowest BCUT2D eigenvalue weighted by atomic mass is 9.82. The molecule has 2 N–H and O–H groups in total. The Hall–Kier alpha value is -0.910. The first-order valence-corrected chi connectivity index (χ1v) is 6.97. The topological polar surface area (TPSA) is 67.3 Å². The van der Waals surface area contributed by atoms with Gasteiger partial charge in [-0.05, 0) is 12.8 Å². The van der Waals surface area contributed by atoms with Gasteiger partial charge in [-0.25, -0.2) is 9.97 Å². The first-order valence-electron chi connectivity index (χ1n) is 6.59. The van der Waals surface area contributed by atoms with Gasteiger partial charge in [-0.2, -0.15) is 0 Å². The van der Waals surface area contributed by atoms with Crippen LogP contribution in [0.5, 0.6) is 0 Å². The molecule has 6 heteroatoms. The highest BCUT2D eigenvalue weighted by molar-refractivity contribution is 6.29. The summed E-state index contributed by atoms with van der Waals surface area (Å²) in [5.74, 6) is 1.20. The van der Waals surface area contributed by atoms with Gasteiger partial charge in [0, 0.05) is 13.2 Å². The summed E-state index contributed by atoms with van der Waals surface area (Å²) in [4.78, 5) is 8.46. The van der Waals surface area contributed by atoms with Crippen LogP contribution in [0.25, 0.3) is 0 Å². The maximum Gasteiger partial charge on any atom is 0.158 e. The Bertz CT molecular complexity index is 422. The average Bonchev–Trinajstić information content (AvgIpc) is 2.39. The number of rotatable bonds is 5. The molecule has 0 saturated heterocycles. The molecule has 1 aromatic rings. The van der Waals surface area contributed by atoms with Crippen LogP contribution >= 0.6 is 11.6 Å². The van der Waals surface area contributed by atoms with E-state index < -0.39 is 0 Å². The maximum absolute atomic E-state index is 9.68. The summed E-state index contributed by atoms with van der Waals surface area (Å²) in [7, 11) is 1.59. The van der Waals surface area contributed by atoms with Crippen molar-refractivity contribution in [3.8, 4) is 0 Å². The van der Waals surface area contributed by atoms with Crippen molar-refractivity contribution in [1.29, 1.82) is 0 Å². The number of nitrogens with one attached hydrogen (secondary N) is 1. The molecule has 1 aliphatic rings. The normalized spacial score (nSPS) is 18.3. The first-order chi connectivity index (χ1) is 9.17. The molecule has 0 unspecified atom stereocenters. The summed E-state index contributed by atoms with van der Waals surface area (Å²) >= 11 is 5.98. The van der Waals surface area contributed by atoms with Crippen LogP contribution in [-0.2, 0) is 11.3 Å². The fraction of sp³-hybridized carbons (Fsp3) is 0.692. The standard InChI is InChI=1S/C13H20ClN3O2/c1-19-8-12-15-10(14)7-11(16-12)17-13(9-18)5-3-2-4-6-13/h7,18H,2-6,8-9H2,1H3,(H,15,16,17). The third-order valence-corrected chi connectivity index (χ3v) is 3.71. The zero-order chi connectivity index (χ0) is 13.7. The van der Waals surface area contributed by atoms with Crippen LogP contribution in [0.15, 0.2) is 6.07 Å². The van der Waals surface area contributed by atoms with Crippen LogP contribution in [0.4, 0.5) is 5.82 Å². The third-order valence-electron chi connectivity index (χ3n) is 3.52. The lowest BCUT2D eigenvalue weighted by Crippen LogP contribution is -2.44. The fourth-order valence-corrected chi connectivity index (χ4v) is 2.75. The number of aliphatic hydroxyl groups is 1. The number of methoxy groups -OCH3 is 1. The number of anilines is 1. The number of aliphatic hydroxyl groups excluding tert-OH is 1. The predicted molar refractivity (Wildman–Crippen MR) is 74.3 cm³/mol. The summed E-state index contributed by atoms with van der Waals surface area (Å²) in [5.41, 5.74) is -0.278. The van der Waals surface area contributed by atoms with Crippen molar-refractivity contribution < 1.29 is 9.84 Å². The molecule has 0 atom stereocenters. The Morgan fingerprint density at radius 3 is 2.74 bits per heavy atom. The molecule has 0 bridgehead atoms. The summed E-state index contributed by atoms with van der Waals surface area (Å²) < 4.78 is 5.02. The van der Waals surface area contributed by atoms with E-state index in [9.17, 15) is 5.11 Å². The third kappa shape index (κ3) is 3.78. The highest BCUT2D eigenvalue weighted by Gasteiger charge is 2.31. The van der Waals surface area contributed by atoms with Crippen LogP contribution in [0.1, 0.15) is 37.9 Å². The molecule has 1 aromatic heterocycles. The van der Waals surface area contributed by atoms with Crippen molar-refractivity contribution >= 4 is 17.4 Å². The molecule has 0 aliphatic heterocycles. The van der Waals surface area contributed by atoms with Gasteiger partial charge in [-0.1, -0.05) is 30.9 Å². The van der Waals surface area contributed by atoms with Gasteiger partial charge in [0.25, 0.3) is 0 Å². The van der Waals surface area contributed by atoms with Crippen LogP contribution in [-0.4, -0.2) is 34.3 Å². The molecule has 106 valence electrons. The summed E-state index contributed by atoms with van der Waals surface area (Å²) in [5, 5.41) is 13.4. The Kier molecular flexibility index (Phi) is 4.96. The molecule has 0 amide bonds. The molecule has 2 rings (SSSR count). The fourth-order valence-electron chi connectivity index (χ4n) is 2.55. The molecular weight excluding hydrogens is 266 g/mol. The van der Waals surface area contributed by atoms with E-state index in [0.29, 0.717) is 23.4 Å². The van der Waals surface area contributed by atoms with Crippen LogP contribution in [0.2, 0.25) is 5.15 Å². The largest absolute Gasteiger partial charge is 0.394 e. The van der Waals surface area contributed by atoms with E-state index in [4.69, 9.17) is 16.3 Å². The van der Waals surface area contributed by atoms with Crippen LogP contribution in [0.3, 0.4) is 0 Å². The van der Waals surface area contributed by atoms with Gasteiger partial charge >= 0.3 is 0 Å². The molecule has 1 aliphatic carbocycles. The van der Waals surface area contributed by atoms with Gasteiger partial charge < -0.3 is 15.2 Å². The maximum atomic E-state index is 9.68. The van der Waals surface area contributed by atoms with E-state index in [1.165, 1.54) is 6.42 Å². The van der Waals surface area contributed by atoms with E-state index in [-0.39, 0.29) is 12.1 Å². The van der Waals surface area contributed by atoms with E-state index in [1.807, 2.05) is 0 Å². The average molecular weight is 286 g/mol. The second-order valence-corrected chi connectivity index (χ2v) is 5.44. The minimum Gasteiger partial charge on any atom is -0.394 e. The van der Waals surface area contributed by atoms with Gasteiger partial charge in [0.05, 0.1) is 12.1 Å². The number of nitrogens with zero attached hydrogens (tertiary/aromatic N) is 2. The molecule has 19 heavy (non-hydrogen) atoms. The second kappa shape index (κ2) is 6.50. The number of hydrogen-bond acceptors (Lipinski definition) is 5. The van der Waals surface area contributed by atoms with E-state index >= 15 is 0 Å². The minimum absolute atomic E-state index is 0.105. The zero-order valence-corrected chi connectivity index (χ0v) is 11.9. The SMILES string of the molecule is COCc1nc(Cl)cc(NC2(CO)CCCCC2)n1. The summed E-state index contributed by atoms with van der Waals surface area (Å²) in [6.07, 6.45) is 5.37. The van der Waals surface area contributed by atoms with Crippen molar-refractivity contribution in [3.63, 3.8) is 0 Å². The van der Waals surface area contributed by atoms with Crippen LogP contribution in [0, 0.1) is 0 Å². The lowest BCUT2D eigenvalue weighted by Gasteiger charge is -2.37. The smallest absolute Gasteiger partial charge is 0.158 e. The monoisotopic (exact) mass is 285 g/mol. The second-order valence-electron chi connectivity index (χ2n) is 5.05. The van der Waals surface area contributed by atoms with Crippen molar-refractivity contribution in [1.82, 2.24) is 9.97 Å². The summed E-state index contributed by atoms with van der Waals surface area (Å²) in [6, 6.07) is 1.69. The van der Waals surface area contributed by atoms with Crippen molar-refractivity contribution in [2.45, 2.75) is 44.2 Å². The van der Waals surface area contributed by atoms with Gasteiger partial charge in [0.2, 0.25) is 0 Å².